The molecule has 5 rings (SSSR count). The highest BCUT2D eigenvalue weighted by Gasteiger charge is 2.36. The molecule has 212 valence electrons. The Hall–Kier alpha value is -4.66. The van der Waals surface area contributed by atoms with Crippen LogP contribution in [0.4, 0.5) is 4.79 Å². The fourth-order valence-corrected chi connectivity index (χ4v) is 5.26. The molecule has 3 N–H and O–H groups in total. The van der Waals surface area contributed by atoms with Crippen LogP contribution in [-0.2, 0) is 30.5 Å². The van der Waals surface area contributed by atoms with E-state index in [1.165, 1.54) is 0 Å². The van der Waals surface area contributed by atoms with Crippen molar-refractivity contribution in [3.05, 3.63) is 95.6 Å². The molecule has 0 bridgehead atoms. The number of nitrogens with one attached hydrogen (secondary N) is 2. The number of aliphatic carboxylic acids is 1. The first-order chi connectivity index (χ1) is 19.9. The highest BCUT2D eigenvalue weighted by atomic mass is 16.5. The average Bonchev–Trinajstić information content (AvgIpc) is 3.77. The number of carboxylic acid groups (broad SMARTS) is 1. The minimum absolute atomic E-state index is 0.0165. The predicted molar refractivity (Wildman–Crippen MR) is 150 cm³/mol. The zero-order valence-electron chi connectivity index (χ0n) is 22.5. The molecular formula is C32H32N2O7. The third kappa shape index (κ3) is 7.11. The van der Waals surface area contributed by atoms with Crippen LogP contribution in [0.1, 0.15) is 48.3 Å². The van der Waals surface area contributed by atoms with Crippen molar-refractivity contribution in [2.24, 2.45) is 5.92 Å². The van der Waals surface area contributed by atoms with Gasteiger partial charge in [0.05, 0.1) is 12.8 Å². The van der Waals surface area contributed by atoms with Crippen LogP contribution in [0.5, 0.6) is 0 Å². The van der Waals surface area contributed by atoms with Crippen molar-refractivity contribution in [2.45, 2.75) is 50.3 Å². The molecule has 1 saturated carbocycles. The van der Waals surface area contributed by atoms with Crippen LogP contribution in [-0.4, -0.2) is 47.7 Å². The molecule has 0 radical (unpaired) electrons. The Kier molecular flexibility index (Phi) is 8.62. The monoisotopic (exact) mass is 556 g/mol. The summed E-state index contributed by atoms with van der Waals surface area (Å²) in [6.45, 7) is 0.0546. The Labute approximate surface area is 237 Å². The Bertz CT molecular complexity index is 1370. The van der Waals surface area contributed by atoms with Gasteiger partial charge in [0.25, 0.3) is 0 Å². The van der Waals surface area contributed by atoms with Gasteiger partial charge in [-0.05, 0) is 46.6 Å². The largest absolute Gasteiger partial charge is 0.481 e. The topological polar surface area (TPSA) is 131 Å². The first-order valence-electron chi connectivity index (χ1n) is 13.7. The maximum Gasteiger partial charge on any atom is 0.407 e. The predicted octanol–water partition coefficient (Wildman–Crippen LogP) is 4.40. The fraction of sp³-hybridized carbons (Fsp3) is 0.312. The van der Waals surface area contributed by atoms with Gasteiger partial charge in [-0.1, -0.05) is 78.9 Å². The zero-order valence-corrected chi connectivity index (χ0v) is 22.5. The number of hydrogen-bond acceptors (Lipinski definition) is 6. The molecule has 41 heavy (non-hydrogen) atoms. The molecule has 2 aliphatic rings. The van der Waals surface area contributed by atoms with Gasteiger partial charge >= 0.3 is 18.0 Å². The van der Waals surface area contributed by atoms with E-state index in [1.54, 1.807) is 12.1 Å². The SMILES string of the molecule is O=C(O)CC(NC(=O)[C@H](CC(=O)OCc1ccccc1)NC(=O)OCC1c2ccccc2-c2ccccc21)C1CC1. The third-order valence-corrected chi connectivity index (χ3v) is 7.48. The molecule has 0 heterocycles. The molecule has 2 atom stereocenters. The summed E-state index contributed by atoms with van der Waals surface area (Å²) in [6.07, 6.45) is 0.0767. The van der Waals surface area contributed by atoms with Crippen molar-refractivity contribution < 1.29 is 33.8 Å². The second-order valence-corrected chi connectivity index (χ2v) is 10.4. The van der Waals surface area contributed by atoms with Crippen LogP contribution in [0.25, 0.3) is 11.1 Å². The molecule has 0 saturated heterocycles. The number of ether oxygens (including phenoxy) is 2. The van der Waals surface area contributed by atoms with Crippen LogP contribution >= 0.6 is 0 Å². The Morgan fingerprint density at radius 1 is 0.780 bits per heavy atom. The quantitative estimate of drug-likeness (QED) is 0.282. The number of fused-ring (bicyclic) bond motifs is 3. The highest BCUT2D eigenvalue weighted by molar-refractivity contribution is 5.90. The van der Waals surface area contributed by atoms with E-state index in [0.717, 1.165) is 40.7 Å². The Morgan fingerprint density at radius 2 is 1.39 bits per heavy atom. The van der Waals surface area contributed by atoms with E-state index >= 15 is 0 Å². The first kappa shape index (κ1) is 27.9. The Balaban J connectivity index is 1.24. The van der Waals surface area contributed by atoms with Crippen LogP contribution in [0, 0.1) is 5.92 Å². The standard InChI is InChI=1S/C32H32N2O7/c35-29(36)16-27(21-14-15-21)33-31(38)28(17-30(37)40-18-20-8-2-1-3-9-20)34-32(39)41-19-26-24-12-6-4-10-22(24)23-11-5-7-13-25(23)26/h1-13,21,26-28H,14-19H2,(H,33,38)(H,34,39)(H,35,36)/t27?,28-/m0/s1. The lowest BCUT2D eigenvalue weighted by Crippen LogP contribution is -2.51. The molecule has 0 spiro atoms. The number of carbonyl (C=O) groups excluding carboxylic acids is 3. The zero-order chi connectivity index (χ0) is 28.8. The van der Waals surface area contributed by atoms with Crippen molar-refractivity contribution in [3.63, 3.8) is 0 Å². The molecule has 1 unspecified atom stereocenters. The second-order valence-electron chi connectivity index (χ2n) is 10.4. The summed E-state index contributed by atoms with van der Waals surface area (Å²) in [4.78, 5) is 50.2. The van der Waals surface area contributed by atoms with E-state index < -0.39 is 42.4 Å². The minimum Gasteiger partial charge on any atom is -0.481 e. The van der Waals surface area contributed by atoms with Gasteiger partial charge in [-0.2, -0.15) is 0 Å². The molecular weight excluding hydrogens is 524 g/mol. The average molecular weight is 557 g/mol. The number of carboxylic acids is 1. The van der Waals surface area contributed by atoms with Crippen molar-refractivity contribution in [1.82, 2.24) is 10.6 Å². The maximum atomic E-state index is 13.2. The summed E-state index contributed by atoms with van der Waals surface area (Å²) in [7, 11) is 0. The normalized spacial score (nSPS) is 15.1. The molecule has 2 amide bonds. The number of esters is 1. The van der Waals surface area contributed by atoms with Crippen LogP contribution in [0.3, 0.4) is 0 Å². The molecule has 9 heteroatoms. The molecule has 0 aliphatic heterocycles. The Morgan fingerprint density at radius 3 is 2.00 bits per heavy atom. The van der Waals surface area contributed by atoms with Crippen LogP contribution < -0.4 is 10.6 Å². The number of carbonyl (C=O) groups is 4. The summed E-state index contributed by atoms with van der Waals surface area (Å²) >= 11 is 0. The molecule has 0 aromatic heterocycles. The number of benzene rings is 3. The molecule has 3 aromatic carbocycles. The summed E-state index contributed by atoms with van der Waals surface area (Å²) in [5.41, 5.74) is 5.03. The highest BCUT2D eigenvalue weighted by Crippen LogP contribution is 2.44. The van der Waals surface area contributed by atoms with Crippen LogP contribution in [0.2, 0.25) is 0 Å². The van der Waals surface area contributed by atoms with Gasteiger partial charge < -0.3 is 25.2 Å². The summed E-state index contributed by atoms with van der Waals surface area (Å²) in [6, 6.07) is 23.1. The number of hydrogen-bond donors (Lipinski definition) is 3. The lowest BCUT2D eigenvalue weighted by Gasteiger charge is -2.22. The smallest absolute Gasteiger partial charge is 0.407 e. The van der Waals surface area contributed by atoms with E-state index in [-0.39, 0.29) is 31.5 Å². The summed E-state index contributed by atoms with van der Waals surface area (Å²) < 4.78 is 10.9. The van der Waals surface area contributed by atoms with E-state index in [9.17, 15) is 24.3 Å². The fourth-order valence-electron chi connectivity index (χ4n) is 5.26. The van der Waals surface area contributed by atoms with Gasteiger partial charge in [0.1, 0.15) is 19.3 Å². The number of amides is 2. The van der Waals surface area contributed by atoms with Crippen molar-refractivity contribution in [1.29, 1.82) is 0 Å². The van der Waals surface area contributed by atoms with Crippen LogP contribution in [0.15, 0.2) is 78.9 Å². The van der Waals surface area contributed by atoms with Crippen molar-refractivity contribution in [3.8, 4) is 11.1 Å². The maximum absolute atomic E-state index is 13.2. The number of alkyl carbamates (subject to hydrolysis) is 1. The van der Waals surface area contributed by atoms with Gasteiger partial charge in [0.15, 0.2) is 0 Å². The molecule has 9 nitrogen and oxygen atoms in total. The van der Waals surface area contributed by atoms with Gasteiger partial charge in [-0.15, -0.1) is 0 Å². The lowest BCUT2D eigenvalue weighted by molar-refractivity contribution is -0.147. The molecule has 3 aromatic rings. The molecule has 2 aliphatic carbocycles. The van der Waals surface area contributed by atoms with Crippen molar-refractivity contribution >= 4 is 23.9 Å². The van der Waals surface area contributed by atoms with Gasteiger partial charge in [-0.3, -0.25) is 14.4 Å². The molecule has 1 fully saturated rings. The van der Waals surface area contributed by atoms with Gasteiger partial charge in [0, 0.05) is 12.0 Å². The number of rotatable bonds is 12. The minimum atomic E-state index is -1.30. The first-order valence-corrected chi connectivity index (χ1v) is 13.7. The van der Waals surface area contributed by atoms with E-state index in [2.05, 4.69) is 10.6 Å². The summed E-state index contributed by atoms with van der Waals surface area (Å²) in [5.74, 6) is -2.51. The van der Waals surface area contributed by atoms with E-state index in [0.29, 0.717) is 0 Å². The van der Waals surface area contributed by atoms with Gasteiger partial charge in [0.2, 0.25) is 5.91 Å². The van der Waals surface area contributed by atoms with Gasteiger partial charge in [-0.25, -0.2) is 4.79 Å². The van der Waals surface area contributed by atoms with E-state index in [4.69, 9.17) is 9.47 Å². The van der Waals surface area contributed by atoms with E-state index in [1.807, 2.05) is 66.7 Å². The van der Waals surface area contributed by atoms with Crippen molar-refractivity contribution in [2.75, 3.05) is 6.61 Å². The third-order valence-electron chi connectivity index (χ3n) is 7.48. The second kappa shape index (κ2) is 12.7. The lowest BCUT2D eigenvalue weighted by atomic mass is 9.98. The summed E-state index contributed by atoms with van der Waals surface area (Å²) in [5, 5.41) is 14.5.